The van der Waals surface area contributed by atoms with Gasteiger partial charge in [0.25, 0.3) is 5.91 Å². The van der Waals surface area contributed by atoms with Crippen molar-refractivity contribution < 1.29 is 18.8 Å². The summed E-state index contributed by atoms with van der Waals surface area (Å²) in [6.45, 7) is 0.287. The molecule has 0 aliphatic carbocycles. The molecule has 1 fully saturated rings. The number of aromatic nitrogens is 4. The van der Waals surface area contributed by atoms with E-state index < -0.39 is 11.9 Å². The highest BCUT2D eigenvalue weighted by Gasteiger charge is 2.39. The zero-order valence-corrected chi connectivity index (χ0v) is 19.3. The lowest BCUT2D eigenvalue weighted by Gasteiger charge is -2.29. The number of piperidine rings is 1. The molecule has 3 amide bonds. The first kappa shape index (κ1) is 21.9. The summed E-state index contributed by atoms with van der Waals surface area (Å²) in [4.78, 5) is 43.0. The maximum absolute atomic E-state index is 13.3. The molecule has 6 rings (SSSR count). The lowest BCUT2D eigenvalue weighted by Crippen LogP contribution is -2.52. The van der Waals surface area contributed by atoms with E-state index in [2.05, 4.69) is 15.4 Å². The molecule has 36 heavy (non-hydrogen) atoms. The number of nitrogens with zero attached hydrogens (tertiary/aromatic N) is 5. The van der Waals surface area contributed by atoms with E-state index >= 15 is 0 Å². The average Bonchev–Trinajstić information content (AvgIpc) is 3.57. The largest absolute Gasteiger partial charge is 0.332 e. The number of halogens is 1. The van der Waals surface area contributed by atoms with Gasteiger partial charge in [-0.25, -0.2) is 14.1 Å². The number of aryl methyl sites for hydroxylation is 1. The Bertz CT molecular complexity index is 1540. The zero-order chi connectivity index (χ0) is 25.0. The third-order valence-corrected chi connectivity index (χ3v) is 6.66. The number of hydrogen-bond donors (Lipinski definition) is 1. The minimum Gasteiger partial charge on any atom is -0.332 e. The van der Waals surface area contributed by atoms with Crippen LogP contribution in [0, 0.1) is 5.82 Å². The molecule has 1 atom stereocenters. The molecule has 2 aliphatic heterocycles. The van der Waals surface area contributed by atoms with Gasteiger partial charge in [0, 0.05) is 37.3 Å². The van der Waals surface area contributed by atoms with Crippen molar-refractivity contribution in [3.05, 3.63) is 78.0 Å². The maximum Gasteiger partial charge on any atom is 0.255 e. The molecule has 2 aromatic carbocycles. The second-order valence-corrected chi connectivity index (χ2v) is 8.95. The van der Waals surface area contributed by atoms with E-state index in [1.54, 1.807) is 35.4 Å². The fourth-order valence-electron chi connectivity index (χ4n) is 4.85. The van der Waals surface area contributed by atoms with Crippen LogP contribution in [-0.2, 0) is 23.2 Å². The molecule has 1 unspecified atom stereocenters. The van der Waals surface area contributed by atoms with E-state index in [1.165, 1.54) is 17.0 Å². The average molecular weight is 484 g/mol. The molecule has 180 valence electrons. The van der Waals surface area contributed by atoms with Crippen LogP contribution in [0.5, 0.6) is 0 Å². The highest BCUT2D eigenvalue weighted by molar-refractivity contribution is 6.05. The van der Waals surface area contributed by atoms with Gasteiger partial charge in [0.15, 0.2) is 0 Å². The van der Waals surface area contributed by atoms with Crippen LogP contribution in [-0.4, -0.2) is 48.0 Å². The topological polar surface area (TPSA) is 102 Å². The minimum absolute atomic E-state index is 0.212. The van der Waals surface area contributed by atoms with Crippen molar-refractivity contribution in [3.63, 3.8) is 0 Å². The number of nitrogens with one attached hydrogen (secondary N) is 1. The molecule has 1 N–H and O–H groups in total. The number of amides is 3. The SMILES string of the molecule is Cn1cnc(-c2ccc3c(c2)CN(C2CCC(=O)NC2=O)C3=O)c1-c1ccn(-c2ccc(F)cc2)n1. The first-order chi connectivity index (χ1) is 17.4. The summed E-state index contributed by atoms with van der Waals surface area (Å²) in [5.74, 6) is -1.28. The molecule has 0 spiro atoms. The monoisotopic (exact) mass is 484 g/mol. The summed E-state index contributed by atoms with van der Waals surface area (Å²) in [7, 11) is 1.88. The Morgan fingerprint density at radius 3 is 2.64 bits per heavy atom. The number of carbonyl (C=O) groups is 3. The fraction of sp³-hybridized carbons (Fsp3) is 0.192. The van der Waals surface area contributed by atoms with E-state index in [1.807, 2.05) is 29.8 Å². The predicted octanol–water partition coefficient (Wildman–Crippen LogP) is 2.84. The second kappa shape index (κ2) is 8.26. The van der Waals surface area contributed by atoms with Crippen molar-refractivity contribution in [2.45, 2.75) is 25.4 Å². The standard InChI is InChI=1S/C26H21FN6O3/c1-31-14-28-23(24(31)20-10-11-33(30-20)18-5-3-17(27)4-6-18)15-2-7-19-16(12-15)13-32(26(19)36)21-8-9-22(34)29-25(21)35/h2-7,10-12,14,21H,8-9,13H2,1H3,(H,29,34,35). The third kappa shape index (κ3) is 3.58. The van der Waals surface area contributed by atoms with Crippen molar-refractivity contribution in [3.8, 4) is 28.3 Å². The van der Waals surface area contributed by atoms with E-state index in [0.29, 0.717) is 23.4 Å². The summed E-state index contributed by atoms with van der Waals surface area (Å²) >= 11 is 0. The molecule has 0 saturated carbocycles. The Balaban J connectivity index is 1.32. The summed E-state index contributed by atoms with van der Waals surface area (Å²) in [6, 6.07) is 12.8. The van der Waals surface area contributed by atoms with Gasteiger partial charge in [-0.15, -0.1) is 0 Å². The number of rotatable bonds is 4. The van der Waals surface area contributed by atoms with Gasteiger partial charge in [0.05, 0.1) is 23.4 Å². The highest BCUT2D eigenvalue weighted by Crippen LogP contribution is 2.34. The quantitative estimate of drug-likeness (QED) is 0.449. The van der Waals surface area contributed by atoms with Crippen LogP contribution in [0.1, 0.15) is 28.8 Å². The second-order valence-electron chi connectivity index (χ2n) is 8.95. The minimum atomic E-state index is -0.660. The molecular formula is C26H21FN6O3. The zero-order valence-electron chi connectivity index (χ0n) is 19.3. The van der Waals surface area contributed by atoms with Crippen molar-refractivity contribution in [2.24, 2.45) is 7.05 Å². The number of carbonyl (C=O) groups excluding carboxylic acids is 3. The van der Waals surface area contributed by atoms with E-state index in [4.69, 9.17) is 0 Å². The Hall–Kier alpha value is -4.60. The van der Waals surface area contributed by atoms with Crippen LogP contribution in [0.3, 0.4) is 0 Å². The Morgan fingerprint density at radius 1 is 1.06 bits per heavy atom. The van der Waals surface area contributed by atoms with Crippen molar-refractivity contribution in [2.75, 3.05) is 0 Å². The van der Waals surface area contributed by atoms with Gasteiger partial charge in [0.2, 0.25) is 11.8 Å². The van der Waals surface area contributed by atoms with Gasteiger partial charge in [-0.3, -0.25) is 19.7 Å². The highest BCUT2D eigenvalue weighted by atomic mass is 19.1. The molecular weight excluding hydrogens is 463 g/mol. The first-order valence-corrected chi connectivity index (χ1v) is 11.5. The molecule has 4 heterocycles. The summed E-state index contributed by atoms with van der Waals surface area (Å²) < 4.78 is 16.9. The number of imide groups is 1. The van der Waals surface area contributed by atoms with Crippen LogP contribution < -0.4 is 5.32 Å². The first-order valence-electron chi connectivity index (χ1n) is 11.5. The number of benzene rings is 2. The fourth-order valence-corrected chi connectivity index (χ4v) is 4.85. The lowest BCUT2D eigenvalue weighted by atomic mass is 10.0. The molecule has 0 radical (unpaired) electrons. The van der Waals surface area contributed by atoms with E-state index in [0.717, 1.165) is 22.5 Å². The summed E-state index contributed by atoms with van der Waals surface area (Å²) in [5.41, 5.74) is 5.08. The lowest BCUT2D eigenvalue weighted by molar-refractivity contribution is -0.136. The maximum atomic E-state index is 13.3. The van der Waals surface area contributed by atoms with E-state index in [9.17, 15) is 18.8 Å². The van der Waals surface area contributed by atoms with Gasteiger partial charge in [-0.1, -0.05) is 6.07 Å². The Kier molecular flexibility index (Phi) is 5.03. The molecule has 2 aromatic heterocycles. The molecule has 2 aliphatic rings. The molecule has 0 bridgehead atoms. The number of hydrogen-bond acceptors (Lipinski definition) is 5. The van der Waals surface area contributed by atoms with Crippen LogP contribution in [0.4, 0.5) is 4.39 Å². The van der Waals surface area contributed by atoms with Crippen LogP contribution in [0.25, 0.3) is 28.3 Å². The van der Waals surface area contributed by atoms with Crippen molar-refractivity contribution >= 4 is 17.7 Å². The van der Waals surface area contributed by atoms with Gasteiger partial charge >= 0.3 is 0 Å². The molecule has 4 aromatic rings. The van der Waals surface area contributed by atoms with Crippen LogP contribution in [0.15, 0.2) is 61.1 Å². The normalized spacial score (nSPS) is 17.4. The van der Waals surface area contributed by atoms with Gasteiger partial charge in [-0.2, -0.15) is 5.10 Å². The van der Waals surface area contributed by atoms with Crippen LogP contribution in [0.2, 0.25) is 0 Å². The number of fused-ring (bicyclic) bond motifs is 1. The third-order valence-electron chi connectivity index (χ3n) is 6.66. The summed E-state index contributed by atoms with van der Waals surface area (Å²) in [6.07, 6.45) is 4.04. The van der Waals surface area contributed by atoms with Crippen molar-refractivity contribution in [1.29, 1.82) is 0 Å². The van der Waals surface area contributed by atoms with Gasteiger partial charge in [-0.05, 0) is 54.4 Å². The smallest absolute Gasteiger partial charge is 0.255 e. The predicted molar refractivity (Wildman–Crippen MR) is 127 cm³/mol. The number of imidazole rings is 1. The molecule has 9 nitrogen and oxygen atoms in total. The Labute approximate surface area is 205 Å². The molecule has 10 heteroatoms. The van der Waals surface area contributed by atoms with Gasteiger partial charge < -0.3 is 9.47 Å². The van der Waals surface area contributed by atoms with Gasteiger partial charge in [0.1, 0.15) is 17.6 Å². The molecule has 1 saturated heterocycles. The summed E-state index contributed by atoms with van der Waals surface area (Å²) in [5, 5.41) is 6.99. The van der Waals surface area contributed by atoms with Crippen LogP contribution >= 0.6 is 0 Å². The van der Waals surface area contributed by atoms with Crippen molar-refractivity contribution in [1.82, 2.24) is 29.5 Å². The Morgan fingerprint density at radius 2 is 1.86 bits per heavy atom. The van der Waals surface area contributed by atoms with E-state index in [-0.39, 0.29) is 30.6 Å².